The molecule has 0 saturated carbocycles. The summed E-state index contributed by atoms with van der Waals surface area (Å²) in [6.45, 7) is 4.11. The fourth-order valence-corrected chi connectivity index (χ4v) is 1.65. The van der Waals surface area contributed by atoms with Crippen molar-refractivity contribution in [2.45, 2.75) is 26.4 Å². The predicted molar refractivity (Wildman–Crippen MR) is 68.6 cm³/mol. The van der Waals surface area contributed by atoms with Crippen molar-refractivity contribution in [3.8, 4) is 11.6 Å². The van der Waals surface area contributed by atoms with Gasteiger partial charge in [-0.1, -0.05) is 32.0 Å². The Morgan fingerprint density at radius 1 is 1.11 bits per heavy atom. The van der Waals surface area contributed by atoms with Gasteiger partial charge in [-0.3, -0.25) is 0 Å². The van der Waals surface area contributed by atoms with Gasteiger partial charge in [0.25, 0.3) is 0 Å². The first-order valence-corrected chi connectivity index (χ1v) is 5.91. The number of ether oxygens (including phenoxy) is 1. The minimum Gasteiger partial charge on any atom is -0.437 e. The third-order valence-electron chi connectivity index (χ3n) is 2.61. The molecule has 2 rings (SSSR count). The Bertz CT molecular complexity index is 509. The van der Waals surface area contributed by atoms with E-state index in [2.05, 4.69) is 24.0 Å². The molecule has 0 amide bonds. The first-order chi connectivity index (χ1) is 8.70. The molecule has 0 aliphatic rings. The van der Waals surface area contributed by atoms with Crippen molar-refractivity contribution >= 4 is 0 Å². The van der Waals surface area contributed by atoms with Gasteiger partial charge in [0.05, 0.1) is 12.3 Å². The van der Waals surface area contributed by atoms with Crippen molar-refractivity contribution in [3.05, 3.63) is 47.7 Å². The second kappa shape index (κ2) is 5.60. The molecule has 2 aromatic rings. The van der Waals surface area contributed by atoms with Crippen LogP contribution in [0.2, 0.25) is 0 Å². The van der Waals surface area contributed by atoms with E-state index < -0.39 is 0 Å². The van der Waals surface area contributed by atoms with E-state index in [1.165, 1.54) is 0 Å². The van der Waals surface area contributed by atoms with Gasteiger partial charge in [0, 0.05) is 6.07 Å². The molecule has 0 unspecified atom stereocenters. The number of rotatable bonds is 4. The third-order valence-corrected chi connectivity index (χ3v) is 2.61. The second-order valence-corrected chi connectivity index (χ2v) is 4.32. The molecule has 1 heterocycles. The van der Waals surface area contributed by atoms with Gasteiger partial charge in [0.1, 0.15) is 5.75 Å². The molecular weight excluding hydrogens is 228 g/mol. The van der Waals surface area contributed by atoms with Crippen LogP contribution < -0.4 is 4.74 Å². The maximum Gasteiger partial charge on any atom is 0.238 e. The number of aliphatic hydroxyl groups is 1. The lowest BCUT2D eigenvalue weighted by molar-refractivity contribution is 0.274. The number of benzene rings is 1. The van der Waals surface area contributed by atoms with Crippen molar-refractivity contribution < 1.29 is 9.84 Å². The fraction of sp³-hybridized carbons (Fsp3) is 0.286. The van der Waals surface area contributed by atoms with Gasteiger partial charge in [0.15, 0.2) is 0 Å². The van der Waals surface area contributed by atoms with Gasteiger partial charge in [-0.05, 0) is 23.6 Å². The Hall–Kier alpha value is -1.94. The van der Waals surface area contributed by atoms with Crippen LogP contribution in [0.5, 0.6) is 11.6 Å². The maximum absolute atomic E-state index is 8.89. The number of nitrogens with zero attached hydrogens (tertiary/aromatic N) is 2. The Balaban J connectivity index is 2.22. The molecule has 1 aromatic heterocycles. The van der Waals surface area contributed by atoms with Gasteiger partial charge in [-0.15, -0.1) is 10.2 Å². The number of hydrogen-bond donors (Lipinski definition) is 1. The van der Waals surface area contributed by atoms with E-state index in [0.717, 1.165) is 11.3 Å². The highest BCUT2D eigenvalue weighted by Gasteiger charge is 2.08. The van der Waals surface area contributed by atoms with E-state index in [4.69, 9.17) is 9.84 Å². The topological polar surface area (TPSA) is 55.2 Å². The standard InChI is InChI=1S/C14H16N2O2/c1-10(2)12-5-3-4-6-13(12)18-14-8-7-11(9-17)15-16-14/h3-8,10,17H,9H2,1-2H3. The average molecular weight is 244 g/mol. The smallest absolute Gasteiger partial charge is 0.238 e. The molecular formula is C14H16N2O2. The lowest BCUT2D eigenvalue weighted by Crippen LogP contribution is -1.97. The molecule has 0 atom stereocenters. The summed E-state index contributed by atoms with van der Waals surface area (Å²) in [6, 6.07) is 11.3. The highest BCUT2D eigenvalue weighted by molar-refractivity contribution is 5.37. The molecule has 94 valence electrons. The van der Waals surface area contributed by atoms with Gasteiger partial charge in [0.2, 0.25) is 5.88 Å². The molecule has 0 aliphatic carbocycles. The third kappa shape index (κ3) is 2.84. The number of aliphatic hydroxyl groups excluding tert-OH is 1. The Morgan fingerprint density at radius 3 is 2.50 bits per heavy atom. The summed E-state index contributed by atoms with van der Waals surface area (Å²) in [6.07, 6.45) is 0. The molecule has 0 saturated heterocycles. The summed E-state index contributed by atoms with van der Waals surface area (Å²) < 4.78 is 5.72. The van der Waals surface area contributed by atoms with Crippen molar-refractivity contribution in [2.24, 2.45) is 0 Å². The number of aromatic nitrogens is 2. The summed E-state index contributed by atoms with van der Waals surface area (Å²) in [5.74, 6) is 1.60. The highest BCUT2D eigenvalue weighted by Crippen LogP contribution is 2.29. The molecule has 4 heteroatoms. The normalized spacial score (nSPS) is 10.7. The van der Waals surface area contributed by atoms with Gasteiger partial charge < -0.3 is 9.84 Å². The lowest BCUT2D eigenvalue weighted by Gasteiger charge is -2.12. The zero-order chi connectivity index (χ0) is 13.0. The minimum atomic E-state index is -0.115. The first-order valence-electron chi connectivity index (χ1n) is 5.91. The van der Waals surface area contributed by atoms with E-state index in [0.29, 0.717) is 17.5 Å². The van der Waals surface area contributed by atoms with Crippen molar-refractivity contribution in [1.29, 1.82) is 0 Å². The molecule has 0 spiro atoms. The predicted octanol–water partition coefficient (Wildman–Crippen LogP) is 2.88. The van der Waals surface area contributed by atoms with Crippen LogP contribution in [0.4, 0.5) is 0 Å². The average Bonchev–Trinajstić information content (AvgIpc) is 2.40. The van der Waals surface area contributed by atoms with E-state index in [1.807, 2.05) is 24.3 Å². The molecule has 1 N–H and O–H groups in total. The number of hydrogen-bond acceptors (Lipinski definition) is 4. The number of para-hydroxylation sites is 1. The van der Waals surface area contributed by atoms with Crippen molar-refractivity contribution in [1.82, 2.24) is 10.2 Å². The van der Waals surface area contributed by atoms with Crippen molar-refractivity contribution in [3.63, 3.8) is 0 Å². The van der Waals surface area contributed by atoms with E-state index in [1.54, 1.807) is 12.1 Å². The molecule has 0 aliphatic heterocycles. The molecule has 0 radical (unpaired) electrons. The Morgan fingerprint density at radius 2 is 1.89 bits per heavy atom. The van der Waals surface area contributed by atoms with Crippen LogP contribution in [0.25, 0.3) is 0 Å². The lowest BCUT2D eigenvalue weighted by atomic mass is 10.0. The Labute approximate surface area is 106 Å². The quantitative estimate of drug-likeness (QED) is 0.898. The monoisotopic (exact) mass is 244 g/mol. The van der Waals surface area contributed by atoms with E-state index >= 15 is 0 Å². The SMILES string of the molecule is CC(C)c1ccccc1Oc1ccc(CO)nn1. The van der Waals surface area contributed by atoms with Crippen LogP contribution in [0.3, 0.4) is 0 Å². The van der Waals surface area contributed by atoms with Crippen LogP contribution in [-0.4, -0.2) is 15.3 Å². The molecule has 18 heavy (non-hydrogen) atoms. The van der Waals surface area contributed by atoms with Crippen LogP contribution in [0, 0.1) is 0 Å². The molecule has 0 bridgehead atoms. The molecule has 1 aromatic carbocycles. The fourth-order valence-electron chi connectivity index (χ4n) is 1.65. The van der Waals surface area contributed by atoms with Crippen LogP contribution in [-0.2, 0) is 6.61 Å². The van der Waals surface area contributed by atoms with Crippen LogP contribution >= 0.6 is 0 Å². The summed E-state index contributed by atoms with van der Waals surface area (Å²) in [5, 5.41) is 16.6. The highest BCUT2D eigenvalue weighted by atomic mass is 16.5. The van der Waals surface area contributed by atoms with Gasteiger partial charge in [-0.25, -0.2) is 0 Å². The van der Waals surface area contributed by atoms with E-state index in [-0.39, 0.29) is 6.61 Å². The molecule has 0 fully saturated rings. The summed E-state index contributed by atoms with van der Waals surface area (Å²) in [5.41, 5.74) is 1.66. The summed E-state index contributed by atoms with van der Waals surface area (Å²) in [7, 11) is 0. The molecule has 4 nitrogen and oxygen atoms in total. The zero-order valence-electron chi connectivity index (χ0n) is 10.5. The van der Waals surface area contributed by atoms with Gasteiger partial charge >= 0.3 is 0 Å². The van der Waals surface area contributed by atoms with Crippen LogP contribution in [0.1, 0.15) is 31.0 Å². The Kier molecular flexibility index (Phi) is 3.89. The van der Waals surface area contributed by atoms with Crippen molar-refractivity contribution in [2.75, 3.05) is 0 Å². The first kappa shape index (κ1) is 12.5. The zero-order valence-corrected chi connectivity index (χ0v) is 10.5. The van der Waals surface area contributed by atoms with E-state index in [9.17, 15) is 0 Å². The van der Waals surface area contributed by atoms with Gasteiger partial charge in [-0.2, -0.15) is 0 Å². The summed E-state index contributed by atoms with van der Waals surface area (Å²) in [4.78, 5) is 0. The summed E-state index contributed by atoms with van der Waals surface area (Å²) >= 11 is 0. The maximum atomic E-state index is 8.89. The van der Waals surface area contributed by atoms with Crippen LogP contribution in [0.15, 0.2) is 36.4 Å². The minimum absolute atomic E-state index is 0.115. The largest absolute Gasteiger partial charge is 0.437 e. The second-order valence-electron chi connectivity index (χ2n) is 4.32.